The summed E-state index contributed by atoms with van der Waals surface area (Å²) in [6.07, 6.45) is 2.94. The number of aromatic nitrogens is 3. The maximum absolute atomic E-state index is 13.0. The van der Waals surface area contributed by atoms with Gasteiger partial charge in [-0.25, -0.2) is 4.98 Å². The van der Waals surface area contributed by atoms with E-state index in [0.29, 0.717) is 23.9 Å². The summed E-state index contributed by atoms with van der Waals surface area (Å²) in [7, 11) is 0. The topological polar surface area (TPSA) is 110 Å². The summed E-state index contributed by atoms with van der Waals surface area (Å²) in [6.45, 7) is 1.80. The summed E-state index contributed by atoms with van der Waals surface area (Å²) >= 11 is 0. The van der Waals surface area contributed by atoms with Crippen molar-refractivity contribution in [3.8, 4) is 5.75 Å². The van der Waals surface area contributed by atoms with E-state index in [0.717, 1.165) is 17.7 Å². The van der Waals surface area contributed by atoms with Gasteiger partial charge in [0.2, 0.25) is 0 Å². The average molecular weight is 488 g/mol. The van der Waals surface area contributed by atoms with Gasteiger partial charge >= 0.3 is 6.18 Å². The molecule has 1 amide bonds. The molecule has 0 saturated carbocycles. The lowest BCUT2D eigenvalue weighted by Crippen LogP contribution is -2.24. The number of rotatable bonds is 7. The molecule has 0 aliphatic heterocycles. The molecule has 3 N–H and O–H groups in total. The summed E-state index contributed by atoms with van der Waals surface area (Å²) in [6, 6.07) is 6.22. The highest BCUT2D eigenvalue weighted by Crippen LogP contribution is 2.32. The number of aliphatic hydroxyl groups excluding tert-OH is 1. The van der Waals surface area contributed by atoms with Gasteiger partial charge in [0.25, 0.3) is 5.91 Å². The first-order chi connectivity index (χ1) is 16.5. The van der Waals surface area contributed by atoms with Gasteiger partial charge in [0, 0.05) is 24.1 Å². The average Bonchev–Trinajstić information content (AvgIpc) is 3.17. The van der Waals surface area contributed by atoms with E-state index in [9.17, 15) is 23.1 Å². The van der Waals surface area contributed by atoms with Gasteiger partial charge in [0.15, 0.2) is 0 Å². The number of allylic oxidation sites excluding steroid dienone is 2. The molecule has 3 aromatic rings. The van der Waals surface area contributed by atoms with Gasteiger partial charge in [-0.15, -0.1) is 0 Å². The van der Waals surface area contributed by atoms with E-state index in [4.69, 9.17) is 9.84 Å². The highest BCUT2D eigenvalue weighted by atomic mass is 19.4. The van der Waals surface area contributed by atoms with Crippen LogP contribution >= 0.6 is 0 Å². The van der Waals surface area contributed by atoms with Crippen LogP contribution < -0.4 is 10.1 Å². The van der Waals surface area contributed by atoms with E-state index in [1.807, 2.05) is 6.08 Å². The van der Waals surface area contributed by atoms with Crippen LogP contribution in [-0.2, 0) is 12.7 Å². The number of carbonyl (C=O) groups is 1. The Hall–Kier alpha value is -3.70. The van der Waals surface area contributed by atoms with Crippen molar-refractivity contribution in [3.63, 3.8) is 0 Å². The van der Waals surface area contributed by atoms with Gasteiger partial charge in [-0.2, -0.15) is 18.3 Å². The fourth-order valence-electron chi connectivity index (χ4n) is 3.75. The van der Waals surface area contributed by atoms with E-state index in [1.165, 1.54) is 6.07 Å². The summed E-state index contributed by atoms with van der Waals surface area (Å²) in [5, 5.41) is 27.1. The standard InChI is InChI=1S/C24H23F3N4O4/c1-23(34)7-3-4-15(12-23)13-31-14-16-10-19(20(35-9-8-32)11-18(16)30-31)29-22(33)17-5-2-6-21(28-17)24(25,26)27/h2-7,10-11,14,32,34H,8-9,12-13H2,1H3,(H,29,33). The number of halogens is 3. The summed E-state index contributed by atoms with van der Waals surface area (Å²) in [4.78, 5) is 16.1. The van der Waals surface area contributed by atoms with Crippen molar-refractivity contribution in [1.82, 2.24) is 14.8 Å². The molecule has 1 aromatic carbocycles. The summed E-state index contributed by atoms with van der Waals surface area (Å²) < 4.78 is 46.2. The van der Waals surface area contributed by atoms with Crippen LogP contribution in [0.15, 0.2) is 60.3 Å². The number of hydrogen-bond acceptors (Lipinski definition) is 6. The molecule has 1 aliphatic rings. The number of carbonyl (C=O) groups excluding carboxylic acids is 1. The van der Waals surface area contributed by atoms with Crippen LogP contribution in [0.5, 0.6) is 5.75 Å². The van der Waals surface area contributed by atoms with Crippen molar-refractivity contribution < 1.29 is 32.9 Å². The Morgan fingerprint density at radius 2 is 2.11 bits per heavy atom. The number of nitrogens with zero attached hydrogens (tertiary/aromatic N) is 3. The number of pyridine rings is 1. The fraction of sp³-hybridized carbons (Fsp3) is 0.292. The maximum atomic E-state index is 13.0. The molecule has 2 aromatic heterocycles. The molecule has 0 bridgehead atoms. The summed E-state index contributed by atoms with van der Waals surface area (Å²) in [5.41, 5.74) is -0.815. The third-order valence-electron chi connectivity index (χ3n) is 5.26. The van der Waals surface area contributed by atoms with E-state index in [-0.39, 0.29) is 24.7 Å². The third-order valence-corrected chi connectivity index (χ3v) is 5.26. The van der Waals surface area contributed by atoms with Gasteiger partial charge < -0.3 is 20.3 Å². The molecule has 184 valence electrons. The van der Waals surface area contributed by atoms with Crippen molar-refractivity contribution >= 4 is 22.5 Å². The lowest BCUT2D eigenvalue weighted by Gasteiger charge is -2.23. The van der Waals surface area contributed by atoms with E-state index in [2.05, 4.69) is 15.4 Å². The van der Waals surface area contributed by atoms with Gasteiger partial charge in [-0.3, -0.25) is 9.48 Å². The molecule has 0 fully saturated rings. The molecule has 35 heavy (non-hydrogen) atoms. The zero-order valence-electron chi connectivity index (χ0n) is 18.7. The lowest BCUT2D eigenvalue weighted by molar-refractivity contribution is -0.141. The van der Waals surface area contributed by atoms with Crippen molar-refractivity contribution in [3.05, 3.63) is 71.7 Å². The largest absolute Gasteiger partial charge is 0.489 e. The Bertz CT molecular complexity index is 1310. The van der Waals surface area contributed by atoms with E-state index < -0.39 is 29.1 Å². The number of anilines is 1. The minimum Gasteiger partial charge on any atom is -0.489 e. The van der Waals surface area contributed by atoms with Crippen molar-refractivity contribution in [2.24, 2.45) is 0 Å². The Morgan fingerprint density at radius 1 is 1.31 bits per heavy atom. The predicted molar refractivity (Wildman–Crippen MR) is 122 cm³/mol. The number of ether oxygens (including phenoxy) is 1. The highest BCUT2D eigenvalue weighted by molar-refractivity contribution is 6.05. The van der Waals surface area contributed by atoms with Crippen molar-refractivity contribution in [1.29, 1.82) is 0 Å². The first-order valence-electron chi connectivity index (χ1n) is 10.7. The lowest BCUT2D eigenvalue weighted by atomic mass is 9.92. The monoisotopic (exact) mass is 488 g/mol. The van der Waals surface area contributed by atoms with Crippen LogP contribution in [0, 0.1) is 0 Å². The minimum atomic E-state index is -4.68. The molecule has 1 aliphatic carbocycles. The molecular formula is C24H23F3N4O4. The minimum absolute atomic E-state index is 0.0643. The second-order valence-corrected chi connectivity index (χ2v) is 8.38. The molecule has 1 atom stereocenters. The second kappa shape index (κ2) is 9.51. The molecular weight excluding hydrogens is 465 g/mol. The Kier molecular flexibility index (Phi) is 6.64. The number of fused-ring (bicyclic) bond motifs is 1. The third kappa shape index (κ3) is 5.87. The molecule has 1 unspecified atom stereocenters. The number of alkyl halides is 3. The Balaban J connectivity index is 1.62. The van der Waals surface area contributed by atoms with Gasteiger partial charge in [0.1, 0.15) is 23.7 Å². The number of hydrogen-bond donors (Lipinski definition) is 3. The van der Waals surface area contributed by atoms with Gasteiger partial charge in [-0.1, -0.05) is 24.3 Å². The van der Waals surface area contributed by atoms with Crippen LogP contribution in [0.25, 0.3) is 10.9 Å². The number of aliphatic hydroxyl groups is 2. The van der Waals surface area contributed by atoms with Crippen LogP contribution in [0.4, 0.5) is 18.9 Å². The molecule has 0 spiro atoms. The molecule has 8 nitrogen and oxygen atoms in total. The number of nitrogens with one attached hydrogen (secondary N) is 1. The zero-order valence-corrected chi connectivity index (χ0v) is 18.7. The van der Waals surface area contributed by atoms with Crippen LogP contribution in [-0.4, -0.2) is 49.7 Å². The second-order valence-electron chi connectivity index (χ2n) is 8.38. The van der Waals surface area contributed by atoms with Gasteiger partial charge in [0.05, 0.1) is 30.0 Å². The molecule has 2 heterocycles. The zero-order chi connectivity index (χ0) is 25.2. The van der Waals surface area contributed by atoms with E-state index in [1.54, 1.807) is 42.1 Å². The molecule has 11 heteroatoms. The van der Waals surface area contributed by atoms with Crippen molar-refractivity contribution in [2.45, 2.75) is 31.7 Å². The van der Waals surface area contributed by atoms with E-state index >= 15 is 0 Å². The molecule has 4 rings (SSSR count). The fourth-order valence-corrected chi connectivity index (χ4v) is 3.75. The van der Waals surface area contributed by atoms with Crippen LogP contribution in [0.2, 0.25) is 0 Å². The Labute approximate surface area is 198 Å². The highest BCUT2D eigenvalue weighted by Gasteiger charge is 2.33. The van der Waals surface area contributed by atoms with Crippen LogP contribution in [0.3, 0.4) is 0 Å². The quantitative estimate of drug-likeness (QED) is 0.468. The first kappa shape index (κ1) is 24.4. The normalized spacial score (nSPS) is 17.9. The SMILES string of the molecule is CC1(O)C=CC=C(Cn2cc3cc(NC(=O)c4cccc(C(F)(F)F)n4)c(OCCO)cc3n2)C1. The summed E-state index contributed by atoms with van der Waals surface area (Å²) in [5.74, 6) is -0.655. The van der Waals surface area contributed by atoms with Crippen LogP contribution in [0.1, 0.15) is 29.5 Å². The maximum Gasteiger partial charge on any atom is 0.433 e. The first-order valence-corrected chi connectivity index (χ1v) is 10.7. The molecule has 0 saturated heterocycles. The number of benzene rings is 1. The van der Waals surface area contributed by atoms with Crippen molar-refractivity contribution in [2.75, 3.05) is 18.5 Å². The molecule has 0 radical (unpaired) electrons. The number of amides is 1. The van der Waals surface area contributed by atoms with Gasteiger partial charge in [-0.05, 0) is 30.7 Å². The smallest absolute Gasteiger partial charge is 0.433 e. The predicted octanol–water partition coefficient (Wildman–Crippen LogP) is 3.71. The Morgan fingerprint density at radius 3 is 2.83 bits per heavy atom.